The number of carbonyl (C=O) groups is 1. The van der Waals surface area contributed by atoms with Gasteiger partial charge in [0.1, 0.15) is 5.69 Å². The van der Waals surface area contributed by atoms with Gasteiger partial charge in [-0.1, -0.05) is 40.0 Å². The first-order valence-electron chi connectivity index (χ1n) is 6.97. The van der Waals surface area contributed by atoms with Gasteiger partial charge in [0.25, 0.3) is 5.91 Å². The first kappa shape index (κ1) is 20.5. The third-order valence-corrected chi connectivity index (χ3v) is 1.66. The van der Waals surface area contributed by atoms with Crippen LogP contribution in [-0.4, -0.2) is 29.1 Å². The second kappa shape index (κ2) is 15.2. The minimum Gasteiger partial charge on any atom is -0.395 e. The van der Waals surface area contributed by atoms with Crippen molar-refractivity contribution in [1.82, 2.24) is 10.3 Å². The molecule has 20 heavy (non-hydrogen) atoms. The molecule has 0 fully saturated rings. The summed E-state index contributed by atoms with van der Waals surface area (Å²) in [4.78, 5) is 15.3. The zero-order valence-corrected chi connectivity index (χ0v) is 13.2. The number of nitrogens with zero attached hydrogens (tertiary/aromatic N) is 1. The van der Waals surface area contributed by atoms with Gasteiger partial charge in [-0.3, -0.25) is 9.78 Å². The molecule has 1 rings (SSSR count). The number of carbonyl (C=O) groups excluding carboxylic acids is 1. The Bertz CT molecular complexity index is 420. The first-order valence-corrected chi connectivity index (χ1v) is 6.97. The molecule has 0 radical (unpaired) electrons. The van der Waals surface area contributed by atoms with E-state index >= 15 is 0 Å². The number of aromatic nitrogens is 1. The van der Waals surface area contributed by atoms with Crippen molar-refractivity contribution in [2.24, 2.45) is 0 Å². The number of aliphatic hydroxyl groups excluding tert-OH is 1. The van der Waals surface area contributed by atoms with Gasteiger partial charge >= 0.3 is 0 Å². The molecule has 4 nitrogen and oxygen atoms in total. The molecule has 0 unspecified atom stereocenters. The topological polar surface area (TPSA) is 62.2 Å². The van der Waals surface area contributed by atoms with E-state index < -0.39 is 0 Å². The van der Waals surface area contributed by atoms with Gasteiger partial charge in [-0.05, 0) is 19.1 Å². The zero-order chi connectivity index (χ0) is 15.8. The largest absolute Gasteiger partial charge is 0.395 e. The third kappa shape index (κ3) is 10.1. The summed E-state index contributed by atoms with van der Waals surface area (Å²) in [6.07, 6.45) is 2.79. The molecule has 4 heteroatoms. The molecule has 0 saturated heterocycles. The lowest BCUT2D eigenvalue weighted by molar-refractivity contribution is 0.0940. The second-order valence-electron chi connectivity index (χ2n) is 3.49. The van der Waals surface area contributed by atoms with E-state index in [0.29, 0.717) is 5.69 Å². The van der Waals surface area contributed by atoms with E-state index in [1.807, 2.05) is 13.8 Å². The standard InChI is InChI=1S/C11H12N2O2.C3H8.C2H6/c1-2-3-9-4-5-12-10(8-9)11(15)13-6-7-14;1-3-2;1-2/h4-5,8,14H,6-7H2,1H3,(H,13,15);3H2,1-2H3;1-2H3. The lowest BCUT2D eigenvalue weighted by Crippen LogP contribution is -2.27. The molecule has 0 aliphatic carbocycles. The quantitative estimate of drug-likeness (QED) is 0.835. The fraction of sp³-hybridized carbons (Fsp3) is 0.500. The molecule has 2 N–H and O–H groups in total. The Balaban J connectivity index is 0. The normalized spacial score (nSPS) is 7.90. The zero-order valence-electron chi connectivity index (χ0n) is 13.2. The highest BCUT2D eigenvalue weighted by molar-refractivity contribution is 5.92. The summed E-state index contributed by atoms with van der Waals surface area (Å²) in [5.74, 6) is 5.28. The molecule has 0 aromatic carbocycles. The number of pyridine rings is 1. The van der Waals surface area contributed by atoms with Crippen LogP contribution in [0.5, 0.6) is 0 Å². The van der Waals surface area contributed by atoms with Gasteiger partial charge in [0.05, 0.1) is 6.61 Å². The van der Waals surface area contributed by atoms with Crippen LogP contribution < -0.4 is 5.32 Å². The molecule has 1 amide bonds. The summed E-state index contributed by atoms with van der Waals surface area (Å²) in [5, 5.41) is 11.1. The number of rotatable bonds is 3. The fourth-order valence-electron chi connectivity index (χ4n) is 1.04. The number of hydrogen-bond acceptors (Lipinski definition) is 3. The molecule has 0 atom stereocenters. The van der Waals surface area contributed by atoms with Crippen molar-refractivity contribution in [3.8, 4) is 11.8 Å². The lowest BCUT2D eigenvalue weighted by atomic mass is 10.2. The minimum atomic E-state index is -0.302. The Labute approximate surface area is 122 Å². The number of aliphatic hydroxyl groups is 1. The summed E-state index contributed by atoms with van der Waals surface area (Å²) in [6, 6.07) is 3.35. The summed E-state index contributed by atoms with van der Waals surface area (Å²) in [5.41, 5.74) is 1.06. The highest BCUT2D eigenvalue weighted by Crippen LogP contribution is 1.99. The van der Waals surface area contributed by atoms with Crippen LogP contribution in [0.15, 0.2) is 18.3 Å². The molecule has 1 aromatic rings. The molecular formula is C16H26N2O2. The Morgan fingerprint density at radius 1 is 1.40 bits per heavy atom. The number of hydrogen-bond donors (Lipinski definition) is 2. The van der Waals surface area contributed by atoms with Gasteiger partial charge < -0.3 is 10.4 Å². The van der Waals surface area contributed by atoms with E-state index in [1.54, 1.807) is 19.1 Å². The summed E-state index contributed by atoms with van der Waals surface area (Å²) < 4.78 is 0. The fourth-order valence-corrected chi connectivity index (χ4v) is 1.04. The Morgan fingerprint density at radius 3 is 2.50 bits per heavy atom. The molecule has 1 heterocycles. The maximum Gasteiger partial charge on any atom is 0.269 e. The Morgan fingerprint density at radius 2 is 2.00 bits per heavy atom. The van der Waals surface area contributed by atoms with E-state index in [1.165, 1.54) is 12.6 Å². The highest BCUT2D eigenvalue weighted by Gasteiger charge is 2.05. The smallest absolute Gasteiger partial charge is 0.269 e. The van der Waals surface area contributed by atoms with Gasteiger partial charge in [-0.25, -0.2) is 0 Å². The lowest BCUT2D eigenvalue weighted by Gasteiger charge is -2.02. The highest BCUT2D eigenvalue weighted by atomic mass is 16.3. The van der Waals surface area contributed by atoms with E-state index in [0.717, 1.165) is 5.56 Å². The van der Waals surface area contributed by atoms with Crippen LogP contribution in [-0.2, 0) is 0 Å². The number of amides is 1. The predicted molar refractivity (Wildman–Crippen MR) is 83.5 cm³/mol. The van der Waals surface area contributed by atoms with E-state index in [9.17, 15) is 4.79 Å². The van der Waals surface area contributed by atoms with Crippen LogP contribution >= 0.6 is 0 Å². The van der Waals surface area contributed by atoms with Crippen molar-refractivity contribution < 1.29 is 9.90 Å². The Kier molecular flexibility index (Phi) is 15.5. The third-order valence-electron chi connectivity index (χ3n) is 1.66. The second-order valence-corrected chi connectivity index (χ2v) is 3.49. The minimum absolute atomic E-state index is 0.0831. The van der Waals surface area contributed by atoms with Gasteiger partial charge in [-0.15, -0.1) is 5.92 Å². The van der Waals surface area contributed by atoms with E-state index in [-0.39, 0.29) is 19.1 Å². The molecule has 112 valence electrons. The van der Waals surface area contributed by atoms with E-state index in [4.69, 9.17) is 5.11 Å². The van der Waals surface area contributed by atoms with Crippen molar-refractivity contribution in [2.45, 2.75) is 41.0 Å². The van der Waals surface area contributed by atoms with Crippen LogP contribution in [0.2, 0.25) is 0 Å². The molecule has 0 bridgehead atoms. The first-order chi connectivity index (χ1) is 9.69. The van der Waals surface area contributed by atoms with Gasteiger partial charge in [-0.2, -0.15) is 0 Å². The monoisotopic (exact) mass is 278 g/mol. The molecule has 0 saturated carbocycles. The van der Waals surface area contributed by atoms with Crippen LogP contribution in [0.25, 0.3) is 0 Å². The van der Waals surface area contributed by atoms with Crippen LogP contribution in [0.3, 0.4) is 0 Å². The Hall–Kier alpha value is -1.86. The van der Waals surface area contributed by atoms with Crippen LogP contribution in [0.4, 0.5) is 0 Å². The van der Waals surface area contributed by atoms with Gasteiger partial charge in [0.2, 0.25) is 0 Å². The van der Waals surface area contributed by atoms with Crippen LogP contribution in [0.1, 0.15) is 57.1 Å². The maximum atomic E-state index is 11.4. The molecule has 1 aromatic heterocycles. The van der Waals surface area contributed by atoms with Crippen molar-refractivity contribution >= 4 is 5.91 Å². The average molecular weight is 278 g/mol. The maximum absolute atomic E-state index is 11.4. The van der Waals surface area contributed by atoms with Gasteiger partial charge in [0.15, 0.2) is 0 Å². The molecule has 0 aliphatic rings. The number of nitrogens with one attached hydrogen (secondary N) is 1. The van der Waals surface area contributed by atoms with Crippen LogP contribution in [0, 0.1) is 11.8 Å². The SMILES string of the molecule is CC.CC#Cc1ccnc(C(=O)NCCO)c1.CCC. The van der Waals surface area contributed by atoms with Crippen molar-refractivity contribution in [1.29, 1.82) is 0 Å². The molecule has 0 spiro atoms. The van der Waals surface area contributed by atoms with E-state index in [2.05, 4.69) is 36.0 Å². The molecule has 0 aliphatic heterocycles. The average Bonchev–Trinajstić information content (AvgIpc) is 2.48. The molecular weight excluding hydrogens is 252 g/mol. The summed E-state index contributed by atoms with van der Waals surface area (Å²) >= 11 is 0. The summed E-state index contributed by atoms with van der Waals surface area (Å²) in [7, 11) is 0. The predicted octanol–water partition coefficient (Wildman–Crippen LogP) is 2.62. The van der Waals surface area contributed by atoms with Crippen molar-refractivity contribution in [3.05, 3.63) is 29.6 Å². The van der Waals surface area contributed by atoms with Crippen molar-refractivity contribution in [3.63, 3.8) is 0 Å². The van der Waals surface area contributed by atoms with Gasteiger partial charge in [0, 0.05) is 18.3 Å². The summed E-state index contributed by atoms with van der Waals surface area (Å²) in [6.45, 7) is 10.1. The van der Waals surface area contributed by atoms with Crippen molar-refractivity contribution in [2.75, 3.05) is 13.2 Å².